The molecule has 1 aromatic carbocycles. The summed E-state index contributed by atoms with van der Waals surface area (Å²) >= 11 is 0. The second kappa shape index (κ2) is 6.89. The average Bonchev–Trinajstić information content (AvgIpc) is 3.23. The number of nitrogens with one attached hydrogen (secondary N) is 1. The third-order valence-corrected chi connectivity index (χ3v) is 7.18. The van der Waals surface area contributed by atoms with Crippen LogP contribution in [0.15, 0.2) is 18.2 Å². The summed E-state index contributed by atoms with van der Waals surface area (Å²) in [5.41, 5.74) is 0.400. The van der Waals surface area contributed by atoms with E-state index in [2.05, 4.69) is 5.32 Å². The number of hydrogen-bond donors (Lipinski definition) is 1. The van der Waals surface area contributed by atoms with Gasteiger partial charge in [-0.1, -0.05) is 6.42 Å². The minimum Gasteiger partial charge on any atom is -0.486 e. The lowest BCUT2D eigenvalue weighted by Gasteiger charge is -2.31. The number of fused-ring (bicyclic) bond motifs is 3. The monoisotopic (exact) mass is 394 g/mol. The molecule has 0 aromatic heterocycles. The van der Waals surface area contributed by atoms with Crippen LogP contribution in [-0.2, 0) is 14.8 Å². The minimum absolute atomic E-state index is 0.167. The van der Waals surface area contributed by atoms with Crippen molar-refractivity contribution in [3.63, 3.8) is 0 Å². The van der Waals surface area contributed by atoms with Crippen molar-refractivity contribution >= 4 is 21.6 Å². The number of carbonyl (C=O) groups is 1. The van der Waals surface area contributed by atoms with Crippen molar-refractivity contribution in [1.29, 1.82) is 0 Å². The molecule has 2 fully saturated rings. The standard InChI is InChI=1S/C19H26N2O5S/c1-12(19(22)20-16-10-13-3-4-14(16)9-13)21(27(2,23)24)15-5-6-17-18(11-15)26-8-7-25-17/h5-6,11-14,16H,3-4,7-10H2,1-2H3,(H,20,22)/t12-,13+,14+,16-/m0/s1. The fraction of sp³-hybridized carbons (Fsp3) is 0.632. The first kappa shape index (κ1) is 18.4. The van der Waals surface area contributed by atoms with E-state index in [1.165, 1.54) is 12.8 Å². The number of sulfonamides is 1. The van der Waals surface area contributed by atoms with E-state index in [1.54, 1.807) is 25.1 Å². The molecule has 4 atom stereocenters. The number of benzene rings is 1. The quantitative estimate of drug-likeness (QED) is 0.825. The molecule has 0 unspecified atom stereocenters. The molecule has 2 aliphatic carbocycles. The fourth-order valence-corrected chi connectivity index (χ4v) is 5.87. The molecule has 1 heterocycles. The Morgan fingerprint density at radius 2 is 1.93 bits per heavy atom. The van der Waals surface area contributed by atoms with E-state index in [-0.39, 0.29) is 11.9 Å². The Morgan fingerprint density at radius 1 is 1.19 bits per heavy atom. The van der Waals surface area contributed by atoms with E-state index in [0.717, 1.165) is 23.4 Å². The van der Waals surface area contributed by atoms with Crippen molar-refractivity contribution in [1.82, 2.24) is 5.32 Å². The maximum Gasteiger partial charge on any atom is 0.243 e. The minimum atomic E-state index is -3.66. The molecule has 0 saturated heterocycles. The van der Waals surface area contributed by atoms with Crippen LogP contribution in [0.25, 0.3) is 0 Å². The summed E-state index contributed by atoms with van der Waals surface area (Å²) in [5.74, 6) is 2.06. The molecular weight excluding hydrogens is 368 g/mol. The van der Waals surface area contributed by atoms with Crippen LogP contribution < -0.4 is 19.1 Å². The number of carbonyl (C=O) groups excluding carboxylic acids is 1. The van der Waals surface area contributed by atoms with Crippen LogP contribution in [-0.4, -0.2) is 45.9 Å². The molecule has 148 valence electrons. The Kier molecular flexibility index (Phi) is 4.70. The number of rotatable bonds is 5. The SMILES string of the molecule is C[C@@H](C(=O)N[C@H]1C[C@@H]2CC[C@@H]1C2)N(c1ccc2c(c1)OCCO2)S(C)(=O)=O. The topological polar surface area (TPSA) is 84.9 Å². The van der Waals surface area contributed by atoms with Crippen molar-refractivity contribution in [2.45, 2.75) is 44.7 Å². The van der Waals surface area contributed by atoms with Gasteiger partial charge in [0.2, 0.25) is 15.9 Å². The van der Waals surface area contributed by atoms with Gasteiger partial charge in [0.25, 0.3) is 0 Å². The molecule has 2 bridgehead atoms. The second-order valence-corrected chi connectivity index (χ2v) is 9.71. The van der Waals surface area contributed by atoms with Crippen LogP contribution in [0.1, 0.15) is 32.6 Å². The Bertz CT molecular complexity index is 841. The van der Waals surface area contributed by atoms with Crippen LogP contribution in [0, 0.1) is 11.8 Å². The number of anilines is 1. The lowest BCUT2D eigenvalue weighted by molar-refractivity contribution is -0.122. The van der Waals surface area contributed by atoms with Crippen molar-refractivity contribution in [3.8, 4) is 11.5 Å². The van der Waals surface area contributed by atoms with Gasteiger partial charge < -0.3 is 14.8 Å². The van der Waals surface area contributed by atoms with Gasteiger partial charge in [-0.2, -0.15) is 0 Å². The Morgan fingerprint density at radius 3 is 2.56 bits per heavy atom. The summed E-state index contributed by atoms with van der Waals surface area (Å²) in [7, 11) is -3.66. The molecular formula is C19H26N2O5S. The predicted octanol–water partition coefficient (Wildman–Crippen LogP) is 1.92. The molecule has 0 spiro atoms. The van der Waals surface area contributed by atoms with Gasteiger partial charge in [0, 0.05) is 12.1 Å². The smallest absolute Gasteiger partial charge is 0.243 e. The summed E-state index contributed by atoms with van der Waals surface area (Å²) in [4.78, 5) is 12.9. The highest BCUT2D eigenvalue weighted by Crippen LogP contribution is 2.44. The fourth-order valence-electron chi connectivity index (χ4n) is 4.70. The lowest BCUT2D eigenvalue weighted by atomic mass is 9.95. The van der Waals surface area contributed by atoms with Crippen molar-refractivity contribution < 1.29 is 22.7 Å². The Hall–Kier alpha value is -1.96. The van der Waals surface area contributed by atoms with Gasteiger partial charge in [0.05, 0.1) is 11.9 Å². The largest absolute Gasteiger partial charge is 0.486 e. The summed E-state index contributed by atoms with van der Waals surface area (Å²) in [6.45, 7) is 2.50. The lowest BCUT2D eigenvalue weighted by Crippen LogP contribution is -2.51. The number of amides is 1. The van der Waals surface area contributed by atoms with Gasteiger partial charge in [0.15, 0.2) is 11.5 Å². The molecule has 8 heteroatoms. The third kappa shape index (κ3) is 3.59. The molecule has 4 rings (SSSR count). The first-order valence-corrected chi connectivity index (χ1v) is 11.4. The van der Waals surface area contributed by atoms with Gasteiger partial charge in [-0.25, -0.2) is 8.42 Å². The summed E-state index contributed by atoms with van der Waals surface area (Å²) in [5, 5.41) is 3.09. The van der Waals surface area contributed by atoms with E-state index in [4.69, 9.17) is 9.47 Å². The van der Waals surface area contributed by atoms with E-state index >= 15 is 0 Å². The molecule has 3 aliphatic rings. The van der Waals surface area contributed by atoms with E-state index in [9.17, 15) is 13.2 Å². The van der Waals surface area contributed by atoms with Gasteiger partial charge in [-0.3, -0.25) is 9.10 Å². The first-order valence-electron chi connectivity index (χ1n) is 9.52. The second-order valence-electron chi connectivity index (χ2n) is 7.85. The molecule has 0 radical (unpaired) electrons. The zero-order valence-electron chi connectivity index (χ0n) is 15.7. The average molecular weight is 394 g/mol. The molecule has 1 amide bonds. The zero-order chi connectivity index (χ0) is 19.2. The van der Waals surface area contributed by atoms with E-state index in [1.807, 2.05) is 0 Å². The Balaban J connectivity index is 1.55. The van der Waals surface area contributed by atoms with Crippen molar-refractivity contribution in [2.75, 3.05) is 23.8 Å². The van der Waals surface area contributed by atoms with E-state index in [0.29, 0.717) is 42.2 Å². The molecule has 7 nitrogen and oxygen atoms in total. The highest BCUT2D eigenvalue weighted by atomic mass is 32.2. The zero-order valence-corrected chi connectivity index (χ0v) is 16.5. The van der Waals surface area contributed by atoms with Gasteiger partial charge in [-0.15, -0.1) is 0 Å². The van der Waals surface area contributed by atoms with E-state index < -0.39 is 16.1 Å². The summed E-state index contributed by atoms with van der Waals surface area (Å²) in [6.07, 6.45) is 5.70. The van der Waals surface area contributed by atoms with Gasteiger partial charge >= 0.3 is 0 Å². The molecule has 27 heavy (non-hydrogen) atoms. The summed E-state index contributed by atoms with van der Waals surface area (Å²) in [6, 6.07) is 4.28. The number of nitrogens with zero attached hydrogens (tertiary/aromatic N) is 1. The normalized spacial score (nSPS) is 27.3. The van der Waals surface area contributed by atoms with Crippen LogP contribution in [0.5, 0.6) is 11.5 Å². The molecule has 1 N–H and O–H groups in total. The molecule has 1 aromatic rings. The van der Waals surface area contributed by atoms with Crippen molar-refractivity contribution in [3.05, 3.63) is 18.2 Å². The van der Waals surface area contributed by atoms with Crippen LogP contribution in [0.3, 0.4) is 0 Å². The van der Waals surface area contributed by atoms with Crippen LogP contribution in [0.2, 0.25) is 0 Å². The highest BCUT2D eigenvalue weighted by Gasteiger charge is 2.41. The van der Waals surface area contributed by atoms with Crippen LogP contribution in [0.4, 0.5) is 5.69 Å². The number of ether oxygens (including phenoxy) is 2. The van der Waals surface area contributed by atoms with Crippen molar-refractivity contribution in [2.24, 2.45) is 11.8 Å². The first-order chi connectivity index (χ1) is 12.8. The Labute approximate surface area is 160 Å². The maximum absolute atomic E-state index is 12.9. The van der Waals surface area contributed by atoms with Gasteiger partial charge in [-0.05, 0) is 50.2 Å². The highest BCUT2D eigenvalue weighted by molar-refractivity contribution is 7.92. The molecule has 2 saturated carbocycles. The number of hydrogen-bond acceptors (Lipinski definition) is 5. The van der Waals surface area contributed by atoms with Gasteiger partial charge in [0.1, 0.15) is 19.3 Å². The van der Waals surface area contributed by atoms with Crippen LogP contribution >= 0.6 is 0 Å². The summed E-state index contributed by atoms with van der Waals surface area (Å²) < 4.78 is 37.2. The third-order valence-electron chi connectivity index (χ3n) is 5.93. The predicted molar refractivity (Wildman–Crippen MR) is 102 cm³/mol. The molecule has 1 aliphatic heterocycles. The maximum atomic E-state index is 12.9.